The van der Waals surface area contributed by atoms with Gasteiger partial charge in [-0.15, -0.1) is 0 Å². The Morgan fingerprint density at radius 2 is 0.421 bits per heavy atom. The quantitative estimate of drug-likeness (QED) is 0.305. The topological polar surface area (TPSA) is 258 Å². The van der Waals surface area contributed by atoms with Gasteiger partial charge in [-0.2, -0.15) is 0 Å². The van der Waals surface area contributed by atoms with E-state index in [4.69, 9.17) is 32.1 Å². The van der Waals surface area contributed by atoms with Crippen molar-refractivity contribution in [3.05, 3.63) is 0 Å². The third-order valence-electron chi connectivity index (χ3n) is 0. The molecule has 0 N–H and O–H groups in total. The Labute approximate surface area is 212 Å². The maximum atomic E-state index is 8.61. The van der Waals surface area contributed by atoms with Crippen molar-refractivity contribution in [2.75, 3.05) is 0 Å². The van der Waals surface area contributed by atoms with Crippen LogP contribution in [-0.4, -0.2) is 167 Å². The summed E-state index contributed by atoms with van der Waals surface area (Å²) in [5.41, 5.74) is 0. The molecule has 0 saturated heterocycles. The zero-order valence-electron chi connectivity index (χ0n) is 9.63. The molecule has 0 fully saturated rings. The van der Waals surface area contributed by atoms with Crippen molar-refractivity contribution in [2.45, 2.75) is 0 Å². The molecule has 88 valence electrons. The Morgan fingerprint density at radius 1 is 0.421 bits per heavy atom. The van der Waals surface area contributed by atoms with E-state index < -0.39 is 29.0 Å². The van der Waals surface area contributed by atoms with E-state index in [1.54, 1.807) is 0 Å². The molecule has 0 aromatic rings. The van der Waals surface area contributed by atoms with Crippen LogP contribution in [-0.2, 0) is 23.9 Å². The van der Waals surface area contributed by atoms with Crippen LogP contribution in [0.3, 0.4) is 0 Å². The molecule has 0 aliphatic rings. The smallest absolute Gasteiger partial charge is 2.00 e. The Hall–Kier alpha value is 4.95. The molecule has 19 heteroatoms. The number of hydrogen-bond donors (Lipinski definition) is 0. The van der Waals surface area contributed by atoms with Gasteiger partial charge in [0.15, 0.2) is 0 Å². The average Bonchev–Trinajstić information content (AvgIpc) is 1.12. The summed E-state index contributed by atoms with van der Waals surface area (Å²) in [5.74, 6) is 0. The van der Waals surface area contributed by atoms with Crippen LogP contribution in [0, 0.1) is 0 Å². The van der Waals surface area contributed by atoms with Gasteiger partial charge in [0, 0.05) is 0 Å². The van der Waals surface area contributed by atoms with E-state index in [1.807, 2.05) is 0 Å². The largest absolute Gasteiger partial charge is 2.00 e. The van der Waals surface area contributed by atoms with Crippen LogP contribution in [0.2, 0.25) is 0 Å². The van der Waals surface area contributed by atoms with Gasteiger partial charge in [0.05, 0.1) is 0 Å². The second kappa shape index (κ2) is 38.5. The fraction of sp³-hybridized carbons (Fsp3) is 0. The van der Waals surface area contributed by atoms with Crippen LogP contribution < -0.4 is 24.6 Å². The van der Waals surface area contributed by atoms with E-state index in [-0.39, 0.29) is 155 Å². The van der Waals surface area contributed by atoms with Gasteiger partial charge in [0.1, 0.15) is 0 Å². The van der Waals surface area contributed by atoms with Crippen LogP contribution >= 0.6 is 0 Å². The van der Waals surface area contributed by atoms with E-state index in [0.29, 0.717) is 0 Å². The molecule has 0 aromatic carbocycles. The van der Waals surface area contributed by atoms with Gasteiger partial charge in [-0.25, -0.2) is 0 Å². The predicted octanol–water partition coefficient (Wildman–Crippen LogP) is -10.8. The van der Waals surface area contributed by atoms with Crippen LogP contribution in [0.25, 0.3) is 0 Å². The first kappa shape index (κ1) is 75.2. The van der Waals surface area contributed by atoms with Crippen molar-refractivity contribution in [1.29, 1.82) is 0 Å². The minimum Gasteiger partial charge on any atom is -2.00 e. The third kappa shape index (κ3) is 411. The van der Waals surface area contributed by atoms with Crippen molar-refractivity contribution < 1.29 is 48.5 Å². The number of rotatable bonds is 0. The Morgan fingerprint density at radius 3 is 0.421 bits per heavy atom. The summed E-state index contributed by atoms with van der Waals surface area (Å²) in [6, 6.07) is 0. The van der Waals surface area contributed by atoms with Crippen LogP contribution in [0.5, 0.6) is 0 Å². The molecular formula is As2Mg6O11. The molecule has 0 aromatic heterocycles. The Balaban J connectivity index is -0.00000000508. The maximum Gasteiger partial charge on any atom is 2.00 e. The van der Waals surface area contributed by atoms with E-state index in [1.165, 1.54) is 0 Å². The molecule has 0 atom stereocenters. The second-order valence-electron chi connectivity index (χ2n) is 0.894. The summed E-state index contributed by atoms with van der Waals surface area (Å²) in [6.07, 6.45) is 0. The molecule has 0 spiro atoms. The molecule has 0 amide bonds. The van der Waals surface area contributed by atoms with Gasteiger partial charge in [0.2, 0.25) is 0 Å². The maximum absolute atomic E-state index is 8.61. The van der Waals surface area contributed by atoms with Crippen LogP contribution in [0.15, 0.2) is 0 Å². The monoisotopic (exact) mass is 470 g/mol. The van der Waals surface area contributed by atoms with E-state index >= 15 is 0 Å². The Bertz CT molecular complexity index is 137. The standard InChI is InChI=1S/2AsH3O4.6Mg.3O/c2*2-1(3,4)5;;;;;;;;;/h2*(H3,2,3,4,5);;;;;;;;;/q;;6*+2;3*-2/p-6. The van der Waals surface area contributed by atoms with E-state index in [2.05, 4.69) is 0 Å². The van der Waals surface area contributed by atoms with E-state index in [9.17, 15) is 0 Å². The van der Waals surface area contributed by atoms with E-state index in [0.717, 1.165) is 0 Å². The fourth-order valence-corrected chi connectivity index (χ4v) is 0. The first-order valence-electron chi connectivity index (χ1n) is 1.46. The molecule has 0 radical (unpaired) electrons. The molecule has 0 rings (SSSR count). The summed E-state index contributed by atoms with van der Waals surface area (Å²) in [4.78, 5) is 0. The molecule has 0 unspecified atom stereocenters. The molecule has 0 aliphatic heterocycles. The molecular weight excluding hydrogens is 472 g/mol. The van der Waals surface area contributed by atoms with Crippen molar-refractivity contribution >= 4 is 167 Å². The van der Waals surface area contributed by atoms with Crippen LogP contribution in [0.1, 0.15) is 0 Å². The summed E-state index contributed by atoms with van der Waals surface area (Å²) in [6.45, 7) is 0. The van der Waals surface area contributed by atoms with Crippen LogP contribution in [0.4, 0.5) is 0 Å². The average molecular weight is 472 g/mol. The first-order chi connectivity index (χ1) is 4.00. The SMILES string of the molecule is O=[As]([O-])([O-])[O-].O=[As]([O-])([O-])[O-].[Mg+2].[Mg+2].[Mg+2].[Mg+2].[Mg+2].[Mg+2].[O-2].[O-2].[O-2]. The Kier molecular flexibility index (Phi) is 152. The van der Waals surface area contributed by atoms with Crippen molar-refractivity contribution in [2.24, 2.45) is 0 Å². The zero-order valence-corrected chi connectivity index (χ0v) is 21.9. The van der Waals surface area contributed by atoms with Crippen molar-refractivity contribution in [3.63, 3.8) is 0 Å². The molecule has 0 bridgehead atoms. The van der Waals surface area contributed by atoms with Crippen molar-refractivity contribution in [1.82, 2.24) is 0 Å². The summed E-state index contributed by atoms with van der Waals surface area (Å²) in [7, 11) is 0. The first-order valence-corrected chi connectivity index (χ1v) is 7.59. The van der Waals surface area contributed by atoms with Gasteiger partial charge in [-0.1, -0.05) is 0 Å². The third-order valence-corrected chi connectivity index (χ3v) is 0. The molecule has 19 heavy (non-hydrogen) atoms. The number of hydrogen-bond acceptors (Lipinski definition) is 8. The summed E-state index contributed by atoms with van der Waals surface area (Å²) in [5, 5.41) is 0. The van der Waals surface area contributed by atoms with Gasteiger partial charge in [-0.3, -0.25) is 0 Å². The predicted molar refractivity (Wildman–Crippen MR) is 49.5 cm³/mol. The van der Waals surface area contributed by atoms with Gasteiger partial charge in [-0.05, 0) is 0 Å². The zero-order chi connectivity index (χ0) is 9.00. The summed E-state index contributed by atoms with van der Waals surface area (Å²) >= 11 is -11.8. The minimum absolute atomic E-state index is 0. The van der Waals surface area contributed by atoms with Crippen molar-refractivity contribution in [3.8, 4) is 0 Å². The second-order valence-corrected chi connectivity index (χ2v) is 4.65. The van der Waals surface area contributed by atoms with Gasteiger partial charge in [0.25, 0.3) is 0 Å². The normalized spacial score (nSPS) is 6.21. The molecule has 0 heterocycles. The molecule has 11 nitrogen and oxygen atoms in total. The van der Waals surface area contributed by atoms with Gasteiger partial charge >= 0.3 is 199 Å². The molecule has 0 aliphatic carbocycles. The molecule has 0 saturated carbocycles. The summed E-state index contributed by atoms with van der Waals surface area (Å²) < 4.78 is 68.9. The minimum atomic E-state index is -5.88. The van der Waals surface area contributed by atoms with Gasteiger partial charge < -0.3 is 16.4 Å². The fourth-order valence-electron chi connectivity index (χ4n) is 0.